The molecule has 1 aliphatic rings. The molecule has 0 amide bonds. The van der Waals surface area contributed by atoms with Crippen molar-refractivity contribution in [2.75, 3.05) is 6.61 Å². The highest BCUT2D eigenvalue weighted by molar-refractivity contribution is 5.90. The Morgan fingerprint density at radius 3 is 2.82 bits per heavy atom. The van der Waals surface area contributed by atoms with Gasteiger partial charge in [-0.15, -0.1) is 0 Å². The minimum atomic E-state index is -0.942. The molecule has 0 aromatic carbocycles. The van der Waals surface area contributed by atoms with E-state index in [0.717, 1.165) is 0 Å². The third kappa shape index (κ3) is 2.13. The largest absolute Gasteiger partial charge is 0.396 e. The van der Waals surface area contributed by atoms with E-state index < -0.39 is 5.60 Å². The van der Waals surface area contributed by atoms with Gasteiger partial charge in [0.25, 0.3) is 0 Å². The van der Waals surface area contributed by atoms with E-state index in [1.54, 1.807) is 0 Å². The van der Waals surface area contributed by atoms with Crippen LogP contribution in [0.25, 0.3) is 0 Å². The molecule has 1 unspecified atom stereocenters. The minimum absolute atomic E-state index is 0.0466. The summed E-state index contributed by atoms with van der Waals surface area (Å²) in [6, 6.07) is 0. The number of rotatable bonds is 2. The maximum Gasteiger partial charge on any atom is 0.155 e. The van der Waals surface area contributed by atoms with Gasteiger partial charge in [0.05, 0.1) is 5.60 Å². The highest BCUT2D eigenvalue weighted by atomic mass is 16.3. The van der Waals surface area contributed by atoms with Gasteiger partial charge in [-0.2, -0.15) is 0 Å². The molecule has 62 valence electrons. The number of allylic oxidation sites excluding steroid dienone is 1. The summed E-state index contributed by atoms with van der Waals surface area (Å²) in [5, 5.41) is 18.2. The average Bonchev–Trinajstić information content (AvgIpc) is 1.97. The van der Waals surface area contributed by atoms with Crippen molar-refractivity contribution >= 4 is 5.78 Å². The van der Waals surface area contributed by atoms with Crippen LogP contribution in [0.15, 0.2) is 12.2 Å². The molecular weight excluding hydrogens is 144 g/mol. The van der Waals surface area contributed by atoms with Crippen molar-refractivity contribution in [2.45, 2.75) is 24.9 Å². The molecule has 1 aliphatic carbocycles. The summed E-state index contributed by atoms with van der Waals surface area (Å²) in [4.78, 5) is 10.7. The second kappa shape index (κ2) is 3.15. The fourth-order valence-electron chi connectivity index (χ4n) is 1.16. The number of aliphatic hydroxyl groups excluding tert-OH is 1. The standard InChI is InChI=1S/C8H12O3/c9-6-5-8(11)3-1-7(10)2-4-8/h1,3,9,11H,2,4-6H2. The topological polar surface area (TPSA) is 57.5 Å². The van der Waals surface area contributed by atoms with Gasteiger partial charge in [-0.1, -0.05) is 0 Å². The first-order valence-corrected chi connectivity index (χ1v) is 3.72. The Bertz CT molecular complexity index is 186. The molecule has 0 aliphatic heterocycles. The molecule has 0 aromatic heterocycles. The second-order valence-corrected chi connectivity index (χ2v) is 2.88. The lowest BCUT2D eigenvalue weighted by Crippen LogP contribution is -2.30. The van der Waals surface area contributed by atoms with Gasteiger partial charge in [-0.3, -0.25) is 4.79 Å². The van der Waals surface area contributed by atoms with Crippen molar-refractivity contribution in [3.05, 3.63) is 12.2 Å². The number of hydrogen-bond donors (Lipinski definition) is 2. The summed E-state index contributed by atoms with van der Waals surface area (Å²) in [6.07, 6.45) is 4.00. The van der Waals surface area contributed by atoms with Crippen LogP contribution in [0.2, 0.25) is 0 Å². The molecule has 2 N–H and O–H groups in total. The number of carbonyl (C=O) groups is 1. The number of aliphatic hydroxyl groups is 2. The van der Waals surface area contributed by atoms with Crippen molar-refractivity contribution in [2.24, 2.45) is 0 Å². The number of ketones is 1. The van der Waals surface area contributed by atoms with Gasteiger partial charge in [0, 0.05) is 19.4 Å². The average molecular weight is 156 g/mol. The molecule has 0 heterocycles. The van der Waals surface area contributed by atoms with Gasteiger partial charge in [-0.05, 0) is 18.6 Å². The van der Waals surface area contributed by atoms with E-state index >= 15 is 0 Å². The Hall–Kier alpha value is -0.670. The van der Waals surface area contributed by atoms with Crippen LogP contribution >= 0.6 is 0 Å². The first-order valence-electron chi connectivity index (χ1n) is 3.72. The minimum Gasteiger partial charge on any atom is -0.396 e. The van der Waals surface area contributed by atoms with Crippen molar-refractivity contribution in [3.63, 3.8) is 0 Å². The van der Waals surface area contributed by atoms with E-state index in [1.165, 1.54) is 12.2 Å². The summed E-state index contributed by atoms with van der Waals surface area (Å²) in [5.74, 6) is 0.0487. The van der Waals surface area contributed by atoms with Crippen LogP contribution in [0.1, 0.15) is 19.3 Å². The Morgan fingerprint density at radius 1 is 1.64 bits per heavy atom. The molecule has 0 bridgehead atoms. The summed E-state index contributed by atoms with van der Waals surface area (Å²) >= 11 is 0. The highest BCUT2D eigenvalue weighted by Crippen LogP contribution is 2.22. The third-order valence-electron chi connectivity index (χ3n) is 1.93. The first kappa shape index (κ1) is 8.43. The predicted octanol–water partition coefficient (Wildman–Crippen LogP) is 0.0190. The quantitative estimate of drug-likeness (QED) is 0.592. The van der Waals surface area contributed by atoms with Gasteiger partial charge in [-0.25, -0.2) is 0 Å². The number of carbonyl (C=O) groups excluding carboxylic acids is 1. The maximum atomic E-state index is 10.7. The van der Waals surface area contributed by atoms with Gasteiger partial charge < -0.3 is 10.2 Å². The van der Waals surface area contributed by atoms with Crippen LogP contribution < -0.4 is 0 Å². The van der Waals surface area contributed by atoms with Crippen molar-refractivity contribution in [1.82, 2.24) is 0 Å². The van der Waals surface area contributed by atoms with E-state index in [9.17, 15) is 9.90 Å². The van der Waals surface area contributed by atoms with Gasteiger partial charge in [0.1, 0.15) is 0 Å². The highest BCUT2D eigenvalue weighted by Gasteiger charge is 2.26. The van der Waals surface area contributed by atoms with Crippen LogP contribution in [0.5, 0.6) is 0 Å². The molecule has 3 nitrogen and oxygen atoms in total. The van der Waals surface area contributed by atoms with Gasteiger partial charge in [0.2, 0.25) is 0 Å². The van der Waals surface area contributed by atoms with Crippen molar-refractivity contribution < 1.29 is 15.0 Å². The molecular formula is C8H12O3. The van der Waals surface area contributed by atoms with Crippen LogP contribution in [0, 0.1) is 0 Å². The summed E-state index contributed by atoms with van der Waals surface area (Å²) < 4.78 is 0. The SMILES string of the molecule is O=C1C=CC(O)(CCO)CC1. The Kier molecular flexibility index (Phi) is 2.42. The predicted molar refractivity (Wildman–Crippen MR) is 40.0 cm³/mol. The zero-order valence-corrected chi connectivity index (χ0v) is 6.29. The molecule has 0 radical (unpaired) electrons. The summed E-state index contributed by atoms with van der Waals surface area (Å²) in [6.45, 7) is -0.0466. The zero-order valence-electron chi connectivity index (χ0n) is 6.29. The summed E-state index contributed by atoms with van der Waals surface area (Å²) in [5.41, 5.74) is -0.942. The summed E-state index contributed by atoms with van der Waals surface area (Å²) in [7, 11) is 0. The van der Waals surface area contributed by atoms with E-state index in [2.05, 4.69) is 0 Å². The molecule has 11 heavy (non-hydrogen) atoms. The third-order valence-corrected chi connectivity index (χ3v) is 1.93. The Balaban J connectivity index is 2.60. The smallest absolute Gasteiger partial charge is 0.155 e. The van der Waals surface area contributed by atoms with Crippen molar-refractivity contribution in [1.29, 1.82) is 0 Å². The van der Waals surface area contributed by atoms with E-state index in [0.29, 0.717) is 19.3 Å². The van der Waals surface area contributed by atoms with Crippen LogP contribution in [-0.4, -0.2) is 28.2 Å². The monoisotopic (exact) mass is 156 g/mol. The molecule has 0 spiro atoms. The lowest BCUT2D eigenvalue weighted by Gasteiger charge is -2.25. The fraction of sp³-hybridized carbons (Fsp3) is 0.625. The molecule has 0 saturated carbocycles. The van der Waals surface area contributed by atoms with Crippen LogP contribution in [0.3, 0.4) is 0 Å². The molecule has 3 heteroatoms. The second-order valence-electron chi connectivity index (χ2n) is 2.88. The Morgan fingerprint density at radius 2 is 2.36 bits per heavy atom. The molecule has 0 fully saturated rings. The van der Waals surface area contributed by atoms with E-state index in [-0.39, 0.29) is 12.4 Å². The maximum absolute atomic E-state index is 10.7. The first-order chi connectivity index (χ1) is 5.16. The number of hydrogen-bond acceptors (Lipinski definition) is 3. The van der Waals surface area contributed by atoms with E-state index in [1.807, 2.05) is 0 Å². The molecule has 0 saturated heterocycles. The fourth-order valence-corrected chi connectivity index (χ4v) is 1.16. The normalized spacial score (nSPS) is 30.9. The van der Waals surface area contributed by atoms with E-state index in [4.69, 9.17) is 5.11 Å². The molecule has 1 rings (SSSR count). The van der Waals surface area contributed by atoms with Gasteiger partial charge in [0.15, 0.2) is 5.78 Å². The van der Waals surface area contributed by atoms with Crippen LogP contribution in [0.4, 0.5) is 0 Å². The molecule has 1 atom stereocenters. The van der Waals surface area contributed by atoms with Gasteiger partial charge >= 0.3 is 0 Å². The van der Waals surface area contributed by atoms with Crippen molar-refractivity contribution in [3.8, 4) is 0 Å². The Labute approximate surface area is 65.3 Å². The lowest BCUT2D eigenvalue weighted by molar-refractivity contribution is -0.116. The lowest BCUT2D eigenvalue weighted by atomic mass is 9.88. The zero-order chi connectivity index (χ0) is 8.32. The molecule has 0 aromatic rings. The van der Waals surface area contributed by atoms with Crippen LogP contribution in [-0.2, 0) is 4.79 Å².